The summed E-state index contributed by atoms with van der Waals surface area (Å²) < 4.78 is 5.22. The van der Waals surface area contributed by atoms with Gasteiger partial charge in [-0.1, -0.05) is 25.1 Å². The summed E-state index contributed by atoms with van der Waals surface area (Å²) in [6, 6.07) is 14.0. The number of ether oxygens (including phenoxy) is 1. The van der Waals surface area contributed by atoms with Crippen LogP contribution in [0.15, 0.2) is 47.2 Å². The molecule has 26 heavy (non-hydrogen) atoms. The second-order valence-electron chi connectivity index (χ2n) is 7.01. The number of nitrogens with zero attached hydrogens (tertiary/aromatic N) is 3. The summed E-state index contributed by atoms with van der Waals surface area (Å²) >= 11 is 0. The predicted molar refractivity (Wildman–Crippen MR) is 96.2 cm³/mol. The van der Waals surface area contributed by atoms with Crippen LogP contribution in [0.5, 0.6) is 5.75 Å². The van der Waals surface area contributed by atoms with E-state index in [-0.39, 0.29) is 17.5 Å². The molecule has 0 saturated heterocycles. The summed E-state index contributed by atoms with van der Waals surface area (Å²) in [7, 11) is 1.60. The van der Waals surface area contributed by atoms with Crippen LogP contribution in [-0.4, -0.2) is 7.11 Å². The summed E-state index contributed by atoms with van der Waals surface area (Å²) in [5.41, 5.74) is 6.81. The molecule has 0 aliphatic heterocycles. The minimum atomic E-state index is -1.54. The molecule has 0 unspecified atom stereocenters. The van der Waals surface area contributed by atoms with Crippen LogP contribution in [-0.2, 0) is 0 Å². The molecule has 0 fully saturated rings. The Morgan fingerprint density at radius 2 is 1.81 bits per heavy atom. The Morgan fingerprint density at radius 1 is 1.15 bits per heavy atom. The molecule has 0 saturated carbocycles. The third kappa shape index (κ3) is 2.43. The van der Waals surface area contributed by atoms with Crippen molar-refractivity contribution in [3.05, 3.63) is 52.7 Å². The normalized spacial score (nSPS) is 26.6. The first-order chi connectivity index (χ1) is 12.5. The second-order valence-corrected chi connectivity index (χ2v) is 7.01. The van der Waals surface area contributed by atoms with Gasteiger partial charge in [-0.05, 0) is 47.9 Å². The Labute approximate surface area is 153 Å². The summed E-state index contributed by atoms with van der Waals surface area (Å²) in [6.07, 6.45) is 3.61. The van der Waals surface area contributed by atoms with Gasteiger partial charge in [-0.3, -0.25) is 0 Å². The summed E-state index contributed by atoms with van der Waals surface area (Å²) in [5.74, 6) is 0.804. The fraction of sp³-hybridized carbons (Fsp3) is 0.381. The maximum atomic E-state index is 9.82. The Balaban J connectivity index is 2.26. The number of rotatable bonds is 2. The maximum absolute atomic E-state index is 9.82. The lowest BCUT2D eigenvalue weighted by Gasteiger charge is -2.43. The molecule has 1 aromatic carbocycles. The van der Waals surface area contributed by atoms with Crippen LogP contribution in [0.25, 0.3) is 0 Å². The lowest BCUT2D eigenvalue weighted by Crippen LogP contribution is -2.41. The summed E-state index contributed by atoms with van der Waals surface area (Å²) in [5, 5.41) is 29.4. The van der Waals surface area contributed by atoms with Gasteiger partial charge >= 0.3 is 0 Å². The molecule has 5 nitrogen and oxygen atoms in total. The lowest BCUT2D eigenvalue weighted by atomic mass is 9.57. The van der Waals surface area contributed by atoms with Crippen molar-refractivity contribution in [1.29, 1.82) is 15.8 Å². The molecule has 0 spiro atoms. The van der Waals surface area contributed by atoms with E-state index in [1.807, 2.05) is 30.3 Å². The summed E-state index contributed by atoms with van der Waals surface area (Å²) in [4.78, 5) is 0. The van der Waals surface area contributed by atoms with Crippen molar-refractivity contribution in [2.45, 2.75) is 25.7 Å². The smallest absolute Gasteiger partial charge is 0.204 e. The minimum Gasteiger partial charge on any atom is -0.497 e. The molecule has 3 atom stereocenters. The number of hydrogen-bond donors (Lipinski definition) is 1. The third-order valence-corrected chi connectivity index (χ3v) is 5.57. The molecule has 0 amide bonds. The number of allylic oxidation sites excluding steroid dienone is 3. The highest BCUT2D eigenvalue weighted by atomic mass is 16.5. The van der Waals surface area contributed by atoms with Crippen molar-refractivity contribution in [2.75, 3.05) is 7.11 Å². The molecular formula is C21H20N4O. The fourth-order valence-electron chi connectivity index (χ4n) is 4.22. The molecule has 3 rings (SSSR count). The van der Waals surface area contributed by atoms with Gasteiger partial charge in [0, 0.05) is 5.92 Å². The van der Waals surface area contributed by atoms with Gasteiger partial charge in [-0.2, -0.15) is 15.8 Å². The molecule has 0 heterocycles. The standard InChI is InChI=1S/C21H20N4O/c1-13-3-8-18-16(9-13)19(14-4-6-15(26-2)7-5-14)17(10-22)20(25)21(18,11-23)12-24/h4-8,13,16,19H,3,9,25H2,1-2H3/t13-,16+,19-/m0/s1. The summed E-state index contributed by atoms with van der Waals surface area (Å²) in [6.45, 7) is 2.15. The van der Waals surface area contributed by atoms with E-state index in [4.69, 9.17) is 10.5 Å². The van der Waals surface area contributed by atoms with E-state index in [1.54, 1.807) is 7.11 Å². The number of fused-ring (bicyclic) bond motifs is 1. The van der Waals surface area contributed by atoms with E-state index in [2.05, 4.69) is 25.1 Å². The number of methoxy groups -OCH3 is 1. The SMILES string of the molecule is COc1ccc([C@@H]2C(C#N)=C(N)C(C#N)(C#N)C3=CC[C@H](C)C[C@H]32)cc1. The third-order valence-electron chi connectivity index (χ3n) is 5.57. The topological polar surface area (TPSA) is 107 Å². The highest BCUT2D eigenvalue weighted by Gasteiger charge is 2.52. The molecule has 0 aromatic heterocycles. The van der Waals surface area contributed by atoms with Gasteiger partial charge in [0.25, 0.3) is 0 Å². The molecule has 2 N–H and O–H groups in total. The Morgan fingerprint density at radius 3 is 2.35 bits per heavy atom. The van der Waals surface area contributed by atoms with E-state index >= 15 is 0 Å². The average molecular weight is 344 g/mol. The van der Waals surface area contributed by atoms with Crippen molar-refractivity contribution in [1.82, 2.24) is 0 Å². The van der Waals surface area contributed by atoms with Crippen molar-refractivity contribution in [2.24, 2.45) is 23.0 Å². The zero-order chi connectivity index (χ0) is 18.9. The van der Waals surface area contributed by atoms with E-state index in [0.717, 1.165) is 29.7 Å². The molecular weight excluding hydrogens is 324 g/mol. The number of nitriles is 3. The highest BCUT2D eigenvalue weighted by molar-refractivity contribution is 5.58. The van der Waals surface area contributed by atoms with Crippen LogP contribution in [0.2, 0.25) is 0 Å². The Kier molecular flexibility index (Phi) is 4.45. The first kappa shape index (κ1) is 17.6. The van der Waals surface area contributed by atoms with Gasteiger partial charge in [0.2, 0.25) is 5.41 Å². The van der Waals surface area contributed by atoms with Gasteiger partial charge in [0.05, 0.1) is 36.6 Å². The number of nitrogens with two attached hydrogens (primary N) is 1. The van der Waals surface area contributed by atoms with Gasteiger partial charge in [-0.25, -0.2) is 0 Å². The minimum absolute atomic E-state index is 0.0721. The monoisotopic (exact) mass is 344 g/mol. The second kappa shape index (κ2) is 6.58. The van der Waals surface area contributed by atoms with E-state index < -0.39 is 5.41 Å². The highest BCUT2D eigenvalue weighted by Crippen LogP contribution is 2.55. The van der Waals surface area contributed by atoms with Crippen molar-refractivity contribution < 1.29 is 4.74 Å². The van der Waals surface area contributed by atoms with Crippen LogP contribution in [0.3, 0.4) is 0 Å². The number of hydrogen-bond acceptors (Lipinski definition) is 5. The molecule has 130 valence electrons. The van der Waals surface area contributed by atoms with Crippen LogP contribution in [0, 0.1) is 51.2 Å². The van der Waals surface area contributed by atoms with Crippen molar-refractivity contribution in [3.63, 3.8) is 0 Å². The van der Waals surface area contributed by atoms with Gasteiger partial charge in [0.15, 0.2) is 0 Å². The first-order valence-electron chi connectivity index (χ1n) is 8.59. The van der Waals surface area contributed by atoms with Gasteiger partial charge in [0.1, 0.15) is 5.75 Å². The molecule has 2 aliphatic rings. The van der Waals surface area contributed by atoms with Crippen molar-refractivity contribution >= 4 is 0 Å². The quantitative estimate of drug-likeness (QED) is 0.826. The average Bonchev–Trinajstić information content (AvgIpc) is 2.68. The van der Waals surface area contributed by atoms with Crippen LogP contribution < -0.4 is 10.5 Å². The van der Waals surface area contributed by atoms with Crippen molar-refractivity contribution in [3.8, 4) is 24.0 Å². The van der Waals surface area contributed by atoms with Crippen LogP contribution >= 0.6 is 0 Å². The van der Waals surface area contributed by atoms with Crippen LogP contribution in [0.1, 0.15) is 31.2 Å². The molecule has 0 radical (unpaired) electrons. The lowest BCUT2D eigenvalue weighted by molar-refractivity contribution is 0.334. The van der Waals surface area contributed by atoms with E-state index in [1.165, 1.54) is 0 Å². The van der Waals surface area contributed by atoms with Gasteiger partial charge in [-0.15, -0.1) is 0 Å². The van der Waals surface area contributed by atoms with E-state index in [0.29, 0.717) is 11.5 Å². The zero-order valence-electron chi connectivity index (χ0n) is 14.9. The van der Waals surface area contributed by atoms with E-state index in [9.17, 15) is 15.8 Å². The Bertz CT molecular complexity index is 891. The number of benzene rings is 1. The molecule has 0 bridgehead atoms. The fourth-order valence-corrected chi connectivity index (χ4v) is 4.22. The zero-order valence-corrected chi connectivity index (χ0v) is 14.9. The van der Waals surface area contributed by atoms with Gasteiger partial charge < -0.3 is 10.5 Å². The Hall–Kier alpha value is -3.23. The predicted octanol–water partition coefficient (Wildman–Crippen LogP) is 3.53. The van der Waals surface area contributed by atoms with Crippen LogP contribution in [0.4, 0.5) is 0 Å². The molecule has 5 heteroatoms. The molecule has 2 aliphatic carbocycles. The first-order valence-corrected chi connectivity index (χ1v) is 8.59. The largest absolute Gasteiger partial charge is 0.497 e. The maximum Gasteiger partial charge on any atom is 0.204 e. The molecule has 1 aromatic rings.